The number of nitrogens with two attached hydrogens (primary N) is 1. The van der Waals surface area contributed by atoms with Gasteiger partial charge in [-0.1, -0.05) is 18.2 Å². The first-order valence-electron chi connectivity index (χ1n) is 11.2. The SMILES string of the molecule is CCN(CC)C(=O)[C@@H]1C=C2c3cccc4c3c(c(Br)n4C(=O)[C@@H](N)CC(=O)O)C[C@H]2N(C)C1. The molecule has 2 heterocycles. The lowest BCUT2D eigenvalue weighted by molar-refractivity contribution is -0.137. The molecule has 0 fully saturated rings. The number of carboxylic acid groups (broad SMARTS) is 1. The van der Waals surface area contributed by atoms with Crippen molar-refractivity contribution in [2.45, 2.75) is 38.8 Å². The summed E-state index contributed by atoms with van der Waals surface area (Å²) in [4.78, 5) is 41.4. The number of nitrogens with zero attached hydrogens (tertiary/aromatic N) is 3. The summed E-state index contributed by atoms with van der Waals surface area (Å²) >= 11 is 3.61. The average Bonchev–Trinajstić information content (AvgIpc) is 3.06. The molecule has 3 atom stereocenters. The van der Waals surface area contributed by atoms with Crippen LogP contribution in [0.2, 0.25) is 0 Å². The Kier molecular flexibility index (Phi) is 6.48. The van der Waals surface area contributed by atoms with Gasteiger partial charge in [0.05, 0.1) is 28.5 Å². The van der Waals surface area contributed by atoms with E-state index in [1.165, 1.54) is 4.57 Å². The van der Waals surface area contributed by atoms with Gasteiger partial charge in [-0.05, 0) is 66.0 Å². The summed E-state index contributed by atoms with van der Waals surface area (Å²) in [5.74, 6) is -1.67. The van der Waals surface area contributed by atoms with E-state index in [0.29, 0.717) is 36.2 Å². The second kappa shape index (κ2) is 9.04. The number of hydrogen-bond donors (Lipinski definition) is 2. The van der Waals surface area contributed by atoms with Crippen LogP contribution in [-0.2, 0) is 16.0 Å². The molecule has 33 heavy (non-hydrogen) atoms. The van der Waals surface area contributed by atoms with Crippen LogP contribution in [0.4, 0.5) is 0 Å². The molecule has 176 valence electrons. The monoisotopic (exact) mass is 516 g/mol. The van der Waals surface area contributed by atoms with Gasteiger partial charge in [0, 0.05) is 31.1 Å². The van der Waals surface area contributed by atoms with Crippen molar-refractivity contribution in [2.75, 3.05) is 26.7 Å². The number of carbonyl (C=O) groups excluding carboxylic acids is 2. The third-order valence-corrected chi connectivity index (χ3v) is 7.65. The summed E-state index contributed by atoms with van der Waals surface area (Å²) in [5.41, 5.74) is 9.72. The number of hydrogen-bond acceptors (Lipinski definition) is 5. The number of aliphatic carboxylic acids is 1. The minimum Gasteiger partial charge on any atom is -0.481 e. The predicted molar refractivity (Wildman–Crippen MR) is 130 cm³/mol. The highest BCUT2D eigenvalue weighted by atomic mass is 79.9. The van der Waals surface area contributed by atoms with Gasteiger partial charge in [-0.2, -0.15) is 0 Å². The number of carbonyl (C=O) groups is 3. The van der Waals surface area contributed by atoms with E-state index in [4.69, 9.17) is 10.8 Å². The van der Waals surface area contributed by atoms with Crippen molar-refractivity contribution >= 4 is 50.2 Å². The van der Waals surface area contributed by atoms with Crippen LogP contribution >= 0.6 is 15.9 Å². The predicted octanol–water partition coefficient (Wildman–Crippen LogP) is 2.58. The highest BCUT2D eigenvalue weighted by Gasteiger charge is 2.38. The lowest BCUT2D eigenvalue weighted by Gasteiger charge is -2.40. The van der Waals surface area contributed by atoms with E-state index in [2.05, 4.69) is 26.9 Å². The summed E-state index contributed by atoms with van der Waals surface area (Å²) in [6.07, 6.45) is 2.34. The number of aromatic nitrogens is 1. The van der Waals surface area contributed by atoms with Gasteiger partial charge < -0.3 is 15.7 Å². The molecule has 1 aromatic carbocycles. The van der Waals surface area contributed by atoms with Crippen molar-refractivity contribution < 1.29 is 19.5 Å². The molecule has 8 nitrogen and oxygen atoms in total. The Bertz CT molecular complexity index is 1170. The van der Waals surface area contributed by atoms with Crippen molar-refractivity contribution in [2.24, 2.45) is 11.7 Å². The van der Waals surface area contributed by atoms with Crippen LogP contribution in [0.3, 0.4) is 0 Å². The molecule has 2 aliphatic rings. The molecule has 3 N–H and O–H groups in total. The Labute approximate surface area is 201 Å². The average molecular weight is 517 g/mol. The summed E-state index contributed by atoms with van der Waals surface area (Å²) in [7, 11) is 2.03. The molecule has 0 saturated carbocycles. The summed E-state index contributed by atoms with van der Waals surface area (Å²) in [6.45, 7) is 5.97. The molecule has 1 aromatic heterocycles. The first-order chi connectivity index (χ1) is 15.7. The first kappa shape index (κ1) is 23.7. The second-order valence-electron chi connectivity index (χ2n) is 8.75. The quantitative estimate of drug-likeness (QED) is 0.610. The zero-order chi connectivity index (χ0) is 24.0. The van der Waals surface area contributed by atoms with Gasteiger partial charge in [-0.25, -0.2) is 0 Å². The molecular formula is C24H29BrN4O4. The van der Waals surface area contributed by atoms with Crippen molar-refractivity contribution in [3.63, 3.8) is 0 Å². The van der Waals surface area contributed by atoms with Gasteiger partial charge in [0.1, 0.15) is 0 Å². The molecule has 0 bridgehead atoms. The Morgan fingerprint density at radius 3 is 2.61 bits per heavy atom. The van der Waals surface area contributed by atoms with Crippen molar-refractivity contribution in [1.29, 1.82) is 0 Å². The number of fused-ring (bicyclic) bond motifs is 2. The fraction of sp³-hybridized carbons (Fsp3) is 0.458. The second-order valence-corrected chi connectivity index (χ2v) is 9.50. The lowest BCUT2D eigenvalue weighted by Crippen LogP contribution is -2.47. The van der Waals surface area contributed by atoms with Gasteiger partial charge >= 0.3 is 5.97 Å². The standard InChI is InChI=1S/C24H29BrN4O4/c1-4-28(5-2)23(32)13-9-15-14-7-6-8-18-21(14)16(10-19(15)27(3)12-13)22(25)29(18)24(33)17(26)11-20(30)31/h6-9,13,17,19H,4-5,10-12,26H2,1-3H3,(H,30,31)/t13-,17+,19-/m1/s1. The minimum atomic E-state index is -1.15. The molecule has 1 aliphatic carbocycles. The highest BCUT2D eigenvalue weighted by Crippen LogP contribution is 2.45. The van der Waals surface area contributed by atoms with Gasteiger partial charge in [0.2, 0.25) is 11.8 Å². The highest BCUT2D eigenvalue weighted by molar-refractivity contribution is 9.10. The van der Waals surface area contributed by atoms with E-state index < -0.39 is 24.3 Å². The maximum atomic E-state index is 13.1. The smallest absolute Gasteiger partial charge is 0.305 e. The maximum Gasteiger partial charge on any atom is 0.305 e. The number of amides is 1. The van der Waals surface area contributed by atoms with E-state index in [-0.39, 0.29) is 17.9 Å². The molecule has 0 radical (unpaired) electrons. The molecular weight excluding hydrogens is 488 g/mol. The molecule has 0 spiro atoms. The van der Waals surface area contributed by atoms with Crippen molar-refractivity contribution in [3.8, 4) is 0 Å². The van der Waals surface area contributed by atoms with Crippen LogP contribution in [0.1, 0.15) is 36.2 Å². The number of likely N-dealkylation sites (N-methyl/N-ethyl adjacent to an activating group) is 1. The van der Waals surface area contributed by atoms with Crippen LogP contribution in [0.5, 0.6) is 0 Å². The lowest BCUT2D eigenvalue weighted by atomic mass is 9.79. The molecule has 1 aliphatic heterocycles. The fourth-order valence-corrected chi connectivity index (χ4v) is 5.90. The Balaban J connectivity index is 1.84. The molecule has 0 saturated heterocycles. The molecule has 9 heteroatoms. The van der Waals surface area contributed by atoms with E-state index in [1.54, 1.807) is 0 Å². The molecule has 2 aromatic rings. The Hall–Kier alpha value is -2.49. The number of halogens is 1. The largest absolute Gasteiger partial charge is 0.481 e. The number of rotatable bonds is 6. The van der Waals surface area contributed by atoms with Crippen molar-refractivity contribution in [1.82, 2.24) is 14.4 Å². The normalized spacial score (nSPS) is 20.8. The third-order valence-electron chi connectivity index (χ3n) is 6.82. The van der Waals surface area contributed by atoms with Crippen LogP contribution in [-0.4, -0.2) is 76.0 Å². The maximum absolute atomic E-state index is 13.1. The topological polar surface area (TPSA) is 109 Å². The molecule has 4 rings (SSSR count). The Morgan fingerprint density at radius 1 is 1.27 bits per heavy atom. The van der Waals surface area contributed by atoms with Crippen LogP contribution in [0, 0.1) is 5.92 Å². The fourth-order valence-electron chi connectivity index (χ4n) is 5.17. The molecule has 1 amide bonds. The number of carboxylic acids is 1. The third kappa shape index (κ3) is 3.92. The zero-order valence-corrected chi connectivity index (χ0v) is 20.6. The summed E-state index contributed by atoms with van der Waals surface area (Å²) in [6, 6.07) is 4.70. The van der Waals surface area contributed by atoms with E-state index >= 15 is 0 Å². The van der Waals surface area contributed by atoms with Gasteiger partial charge in [0.25, 0.3) is 0 Å². The van der Waals surface area contributed by atoms with E-state index in [9.17, 15) is 14.4 Å². The number of benzene rings is 1. The van der Waals surface area contributed by atoms with E-state index in [0.717, 1.165) is 22.1 Å². The molecule has 0 unspecified atom stereocenters. The Morgan fingerprint density at radius 2 is 1.97 bits per heavy atom. The first-order valence-corrected chi connectivity index (χ1v) is 12.0. The minimum absolute atomic E-state index is 0.0822. The van der Waals surface area contributed by atoms with Crippen molar-refractivity contribution in [3.05, 3.63) is 40.0 Å². The zero-order valence-electron chi connectivity index (χ0n) is 19.0. The van der Waals surface area contributed by atoms with Crippen LogP contribution in [0.15, 0.2) is 28.9 Å². The van der Waals surface area contributed by atoms with Crippen LogP contribution in [0.25, 0.3) is 16.5 Å². The van der Waals surface area contributed by atoms with Gasteiger partial charge in [-0.15, -0.1) is 0 Å². The van der Waals surface area contributed by atoms with Gasteiger partial charge in [-0.3, -0.25) is 23.9 Å². The van der Waals surface area contributed by atoms with E-state index in [1.807, 2.05) is 44.0 Å². The summed E-state index contributed by atoms with van der Waals surface area (Å²) in [5, 5.41) is 10.0. The van der Waals surface area contributed by atoms with Crippen LogP contribution < -0.4 is 5.73 Å². The summed E-state index contributed by atoms with van der Waals surface area (Å²) < 4.78 is 2.11. The van der Waals surface area contributed by atoms with Gasteiger partial charge in [0.15, 0.2) is 0 Å².